The number of carbonyl (C=O) groups excluding carboxylic acids is 1. The standard InChI is InChI=1S/C29H40N6O/c1-23-5-3-4-6-25(23)20-33-13-11-27(12-14-33)31-29(36)22-35-21-26(19-30-35)24-7-9-28(10-8-24)34-17-15-32(2)16-18-34/h3-4,6-10,19,21,23,27H,5,11-18,20,22H2,1-2H3,(H,31,36). The molecule has 2 fully saturated rings. The minimum atomic E-state index is 0.0438. The lowest BCUT2D eigenvalue weighted by molar-refractivity contribution is -0.122. The van der Waals surface area contributed by atoms with Crippen molar-refractivity contribution in [3.63, 3.8) is 0 Å². The molecule has 2 aliphatic heterocycles. The topological polar surface area (TPSA) is 56.6 Å². The molecule has 5 rings (SSSR count). The maximum atomic E-state index is 12.7. The largest absolute Gasteiger partial charge is 0.369 e. The second kappa shape index (κ2) is 11.4. The lowest BCUT2D eigenvalue weighted by Gasteiger charge is -2.34. The second-order valence-corrected chi connectivity index (χ2v) is 10.7. The van der Waals surface area contributed by atoms with Gasteiger partial charge in [-0.15, -0.1) is 0 Å². The Bertz CT molecular complexity index is 1070. The average molecular weight is 489 g/mol. The van der Waals surface area contributed by atoms with Gasteiger partial charge in [0.2, 0.25) is 5.91 Å². The highest BCUT2D eigenvalue weighted by atomic mass is 16.2. The number of allylic oxidation sites excluding steroid dienone is 3. The van der Waals surface area contributed by atoms with Gasteiger partial charge in [-0.25, -0.2) is 0 Å². The van der Waals surface area contributed by atoms with Gasteiger partial charge in [0.05, 0.1) is 6.20 Å². The summed E-state index contributed by atoms with van der Waals surface area (Å²) in [7, 11) is 2.18. The van der Waals surface area contributed by atoms with Crippen molar-refractivity contribution in [2.75, 3.05) is 57.8 Å². The van der Waals surface area contributed by atoms with E-state index in [2.05, 4.69) is 81.6 Å². The summed E-state index contributed by atoms with van der Waals surface area (Å²) in [6.07, 6.45) is 13.7. The van der Waals surface area contributed by atoms with Crippen LogP contribution in [0.2, 0.25) is 0 Å². The van der Waals surface area contributed by atoms with Gasteiger partial charge < -0.3 is 15.1 Å². The van der Waals surface area contributed by atoms with E-state index in [1.54, 1.807) is 4.68 Å². The van der Waals surface area contributed by atoms with Crippen LogP contribution in [0.25, 0.3) is 11.1 Å². The molecule has 1 aromatic heterocycles. The van der Waals surface area contributed by atoms with Crippen LogP contribution in [0.15, 0.2) is 60.5 Å². The zero-order chi connectivity index (χ0) is 24.9. The molecule has 1 aromatic carbocycles. The fraction of sp³-hybridized carbons (Fsp3) is 0.517. The number of nitrogens with zero attached hydrogens (tertiary/aromatic N) is 5. The van der Waals surface area contributed by atoms with E-state index < -0.39 is 0 Å². The Kier molecular flexibility index (Phi) is 7.87. The lowest BCUT2D eigenvalue weighted by Crippen LogP contribution is -2.46. The molecule has 1 aliphatic carbocycles. The number of likely N-dealkylation sites (N-methyl/N-ethyl adjacent to an activating group) is 1. The molecular weight excluding hydrogens is 448 g/mol. The van der Waals surface area contributed by atoms with Crippen LogP contribution in [0, 0.1) is 5.92 Å². The van der Waals surface area contributed by atoms with Crippen molar-refractivity contribution in [3.8, 4) is 11.1 Å². The van der Waals surface area contributed by atoms with E-state index in [1.165, 1.54) is 11.3 Å². The van der Waals surface area contributed by atoms with Crippen LogP contribution in [0.4, 0.5) is 5.69 Å². The Morgan fingerprint density at radius 2 is 1.78 bits per heavy atom. The van der Waals surface area contributed by atoms with Crippen LogP contribution in [0.5, 0.6) is 0 Å². The first kappa shape index (κ1) is 24.8. The summed E-state index contributed by atoms with van der Waals surface area (Å²) in [5.41, 5.74) is 4.97. The molecular formula is C29H40N6O. The fourth-order valence-electron chi connectivity index (χ4n) is 5.44. The number of nitrogens with one attached hydrogen (secondary N) is 1. The highest BCUT2D eigenvalue weighted by Gasteiger charge is 2.23. The molecule has 3 aliphatic rings. The van der Waals surface area contributed by atoms with Gasteiger partial charge in [0, 0.05) is 69.3 Å². The SMILES string of the molecule is CC1CC=CC=C1CN1CCC(NC(=O)Cn2cc(-c3ccc(N4CCN(C)CC4)cc3)cn2)CC1. The summed E-state index contributed by atoms with van der Waals surface area (Å²) >= 11 is 0. The van der Waals surface area contributed by atoms with Gasteiger partial charge in [-0.3, -0.25) is 14.4 Å². The van der Waals surface area contributed by atoms with Crippen LogP contribution in [-0.2, 0) is 11.3 Å². The molecule has 2 aromatic rings. The third-order valence-corrected chi connectivity index (χ3v) is 7.94. The van der Waals surface area contributed by atoms with Gasteiger partial charge in [0.15, 0.2) is 0 Å². The highest BCUT2D eigenvalue weighted by molar-refractivity contribution is 5.76. The lowest BCUT2D eigenvalue weighted by atomic mass is 9.92. The summed E-state index contributed by atoms with van der Waals surface area (Å²) in [4.78, 5) is 20.0. The van der Waals surface area contributed by atoms with E-state index >= 15 is 0 Å². The number of likely N-dealkylation sites (tertiary alicyclic amines) is 1. The maximum absolute atomic E-state index is 12.7. The Hall–Kier alpha value is -2.90. The highest BCUT2D eigenvalue weighted by Crippen LogP contribution is 2.24. The van der Waals surface area contributed by atoms with Crippen molar-refractivity contribution in [1.82, 2.24) is 24.9 Å². The molecule has 192 valence electrons. The van der Waals surface area contributed by atoms with Crippen LogP contribution in [0.1, 0.15) is 26.2 Å². The summed E-state index contributed by atoms with van der Waals surface area (Å²) < 4.78 is 1.75. The van der Waals surface area contributed by atoms with Gasteiger partial charge in [0.25, 0.3) is 0 Å². The third-order valence-electron chi connectivity index (χ3n) is 7.94. The number of benzene rings is 1. The molecule has 1 N–H and O–H groups in total. The zero-order valence-corrected chi connectivity index (χ0v) is 21.8. The number of carbonyl (C=O) groups is 1. The molecule has 0 spiro atoms. The molecule has 3 heterocycles. The molecule has 1 atom stereocenters. The summed E-state index contributed by atoms with van der Waals surface area (Å²) in [6, 6.07) is 8.95. The zero-order valence-electron chi connectivity index (χ0n) is 21.8. The van der Waals surface area contributed by atoms with Gasteiger partial charge in [-0.2, -0.15) is 5.10 Å². The first-order valence-corrected chi connectivity index (χ1v) is 13.5. The van der Waals surface area contributed by atoms with Gasteiger partial charge >= 0.3 is 0 Å². The molecule has 36 heavy (non-hydrogen) atoms. The van der Waals surface area contributed by atoms with Gasteiger partial charge in [-0.05, 0) is 49.9 Å². The summed E-state index contributed by atoms with van der Waals surface area (Å²) in [5.74, 6) is 0.684. The maximum Gasteiger partial charge on any atom is 0.241 e. The van der Waals surface area contributed by atoms with Gasteiger partial charge in [0.1, 0.15) is 6.54 Å². The molecule has 1 amide bonds. The molecule has 2 saturated heterocycles. The molecule has 7 nitrogen and oxygen atoms in total. The fourth-order valence-corrected chi connectivity index (χ4v) is 5.44. The first-order chi connectivity index (χ1) is 17.5. The van der Waals surface area contributed by atoms with Crippen LogP contribution >= 0.6 is 0 Å². The second-order valence-electron chi connectivity index (χ2n) is 10.7. The number of hydrogen-bond acceptors (Lipinski definition) is 5. The predicted molar refractivity (Wildman–Crippen MR) is 146 cm³/mol. The Morgan fingerprint density at radius 3 is 2.50 bits per heavy atom. The molecule has 0 saturated carbocycles. The number of anilines is 1. The predicted octanol–water partition coefficient (Wildman–Crippen LogP) is 3.40. The van der Waals surface area contributed by atoms with Crippen molar-refractivity contribution in [2.45, 2.75) is 38.8 Å². The number of amides is 1. The van der Waals surface area contributed by atoms with Crippen LogP contribution < -0.4 is 10.2 Å². The Balaban J connectivity index is 1.07. The van der Waals surface area contributed by atoms with E-state index in [1.807, 2.05) is 12.4 Å². The molecule has 0 radical (unpaired) electrons. The number of aromatic nitrogens is 2. The van der Waals surface area contributed by atoms with Crippen molar-refractivity contribution in [1.29, 1.82) is 0 Å². The summed E-state index contributed by atoms with van der Waals surface area (Å²) in [6.45, 7) is 10.0. The van der Waals surface area contributed by atoms with Crippen molar-refractivity contribution in [2.24, 2.45) is 5.92 Å². The normalized spacial score (nSPS) is 22.0. The van der Waals surface area contributed by atoms with E-state index in [9.17, 15) is 4.79 Å². The number of piperazine rings is 1. The van der Waals surface area contributed by atoms with Gasteiger partial charge in [-0.1, -0.05) is 42.9 Å². The average Bonchev–Trinajstić information content (AvgIpc) is 3.35. The van der Waals surface area contributed by atoms with E-state index in [4.69, 9.17) is 0 Å². The van der Waals surface area contributed by atoms with E-state index in [-0.39, 0.29) is 18.5 Å². The minimum Gasteiger partial charge on any atom is -0.369 e. The molecule has 7 heteroatoms. The Morgan fingerprint density at radius 1 is 1.03 bits per heavy atom. The number of rotatable bonds is 7. The third kappa shape index (κ3) is 6.26. The number of piperidine rings is 1. The Labute approximate surface area is 215 Å². The van der Waals surface area contributed by atoms with Crippen molar-refractivity contribution in [3.05, 3.63) is 60.5 Å². The molecule has 0 bridgehead atoms. The molecule has 1 unspecified atom stereocenters. The van der Waals surface area contributed by atoms with Crippen molar-refractivity contribution < 1.29 is 4.79 Å². The minimum absolute atomic E-state index is 0.0438. The quantitative estimate of drug-likeness (QED) is 0.647. The monoisotopic (exact) mass is 488 g/mol. The van der Waals surface area contributed by atoms with Crippen LogP contribution in [0.3, 0.4) is 0 Å². The summed E-state index contributed by atoms with van der Waals surface area (Å²) in [5, 5.41) is 7.69. The smallest absolute Gasteiger partial charge is 0.241 e. The van der Waals surface area contributed by atoms with Crippen molar-refractivity contribution >= 4 is 11.6 Å². The van der Waals surface area contributed by atoms with E-state index in [0.29, 0.717) is 5.92 Å². The van der Waals surface area contributed by atoms with Crippen LogP contribution in [-0.4, -0.2) is 84.4 Å². The van der Waals surface area contributed by atoms with E-state index in [0.717, 1.165) is 76.2 Å². The number of hydrogen-bond donors (Lipinski definition) is 1. The first-order valence-electron chi connectivity index (χ1n) is 13.5.